The molecule has 0 atom stereocenters. The van der Waals surface area contributed by atoms with E-state index in [4.69, 9.17) is 21.1 Å². The Morgan fingerprint density at radius 1 is 1.00 bits per heavy atom. The van der Waals surface area contributed by atoms with Crippen LogP contribution in [0.25, 0.3) is 11.3 Å². The molecular formula is C19H16ClFN2O2S. The quantitative estimate of drug-likeness (QED) is 0.538. The number of rotatable bonds is 6. The predicted molar refractivity (Wildman–Crippen MR) is 102 cm³/mol. The van der Waals surface area contributed by atoms with Crippen LogP contribution in [0.1, 0.15) is 5.56 Å². The summed E-state index contributed by atoms with van der Waals surface area (Å²) < 4.78 is 24.4. The summed E-state index contributed by atoms with van der Waals surface area (Å²) >= 11 is 7.42. The van der Waals surface area contributed by atoms with Crippen LogP contribution < -0.4 is 9.47 Å². The molecule has 2 aromatic carbocycles. The first-order chi connectivity index (χ1) is 12.6. The van der Waals surface area contributed by atoms with Crippen molar-refractivity contribution in [2.24, 2.45) is 0 Å². The number of aromatic nitrogens is 2. The molecule has 0 saturated heterocycles. The predicted octanol–water partition coefficient (Wildman–Crippen LogP) is 5.25. The summed E-state index contributed by atoms with van der Waals surface area (Å²) in [6.07, 6.45) is 0. The number of methoxy groups -OCH3 is 2. The van der Waals surface area contributed by atoms with Crippen LogP contribution in [-0.4, -0.2) is 24.4 Å². The maximum Gasteiger partial charge on any atom is 0.161 e. The summed E-state index contributed by atoms with van der Waals surface area (Å²) in [5, 5.41) is 9.54. The van der Waals surface area contributed by atoms with Crippen molar-refractivity contribution in [3.05, 3.63) is 64.9 Å². The van der Waals surface area contributed by atoms with Gasteiger partial charge in [-0.25, -0.2) is 4.39 Å². The van der Waals surface area contributed by atoms with E-state index >= 15 is 0 Å². The third kappa shape index (κ3) is 4.08. The fourth-order valence-corrected chi connectivity index (χ4v) is 3.52. The summed E-state index contributed by atoms with van der Waals surface area (Å²) in [5.41, 5.74) is 2.04. The minimum Gasteiger partial charge on any atom is -0.493 e. The van der Waals surface area contributed by atoms with Gasteiger partial charge in [0.25, 0.3) is 0 Å². The zero-order valence-electron chi connectivity index (χ0n) is 14.2. The molecule has 0 bridgehead atoms. The van der Waals surface area contributed by atoms with E-state index in [0.717, 1.165) is 5.56 Å². The highest BCUT2D eigenvalue weighted by atomic mass is 35.5. The molecule has 1 aromatic heterocycles. The molecular weight excluding hydrogens is 375 g/mol. The molecule has 0 fully saturated rings. The Morgan fingerprint density at radius 2 is 1.81 bits per heavy atom. The summed E-state index contributed by atoms with van der Waals surface area (Å²) in [7, 11) is 3.17. The minimum atomic E-state index is -0.320. The Labute approximate surface area is 160 Å². The van der Waals surface area contributed by atoms with E-state index in [1.807, 2.05) is 30.3 Å². The van der Waals surface area contributed by atoms with Crippen molar-refractivity contribution in [1.29, 1.82) is 0 Å². The molecule has 1 heterocycles. The SMILES string of the molecule is COc1ccc(-c2ccc(SCc3c(F)cccc3Cl)nn2)cc1OC. The van der Waals surface area contributed by atoms with Gasteiger partial charge in [0.15, 0.2) is 11.5 Å². The van der Waals surface area contributed by atoms with Gasteiger partial charge in [-0.3, -0.25) is 0 Å². The van der Waals surface area contributed by atoms with Gasteiger partial charge in [0.05, 0.1) is 19.9 Å². The molecule has 134 valence electrons. The maximum absolute atomic E-state index is 13.8. The number of benzene rings is 2. The molecule has 0 spiro atoms. The summed E-state index contributed by atoms with van der Waals surface area (Å²) in [5.74, 6) is 1.34. The molecule has 3 rings (SSSR count). The molecule has 0 aliphatic carbocycles. The normalized spacial score (nSPS) is 10.6. The van der Waals surface area contributed by atoms with Crippen LogP contribution in [0.15, 0.2) is 53.6 Å². The van der Waals surface area contributed by atoms with Gasteiger partial charge in [-0.2, -0.15) is 0 Å². The van der Waals surface area contributed by atoms with E-state index in [1.165, 1.54) is 17.8 Å². The van der Waals surface area contributed by atoms with E-state index in [2.05, 4.69) is 10.2 Å². The zero-order chi connectivity index (χ0) is 18.5. The smallest absolute Gasteiger partial charge is 0.161 e. The van der Waals surface area contributed by atoms with Gasteiger partial charge in [-0.15, -0.1) is 10.2 Å². The average molecular weight is 391 g/mol. The molecule has 0 aliphatic rings. The molecule has 4 nitrogen and oxygen atoms in total. The van der Waals surface area contributed by atoms with Gasteiger partial charge in [0.2, 0.25) is 0 Å². The topological polar surface area (TPSA) is 44.2 Å². The van der Waals surface area contributed by atoms with Crippen molar-refractivity contribution in [3.8, 4) is 22.8 Å². The number of hydrogen-bond acceptors (Lipinski definition) is 5. The van der Waals surface area contributed by atoms with Crippen molar-refractivity contribution in [2.45, 2.75) is 10.8 Å². The second-order valence-electron chi connectivity index (χ2n) is 5.32. The monoisotopic (exact) mass is 390 g/mol. The fraction of sp³-hybridized carbons (Fsp3) is 0.158. The van der Waals surface area contributed by atoms with Gasteiger partial charge >= 0.3 is 0 Å². The second kappa shape index (κ2) is 8.38. The number of ether oxygens (including phenoxy) is 2. The third-order valence-electron chi connectivity index (χ3n) is 3.75. The molecule has 26 heavy (non-hydrogen) atoms. The van der Waals surface area contributed by atoms with Crippen LogP contribution >= 0.6 is 23.4 Å². The Morgan fingerprint density at radius 3 is 2.46 bits per heavy atom. The lowest BCUT2D eigenvalue weighted by molar-refractivity contribution is 0.355. The number of halogens is 2. The number of thioether (sulfide) groups is 1. The van der Waals surface area contributed by atoms with Crippen molar-refractivity contribution in [2.75, 3.05) is 14.2 Å². The lowest BCUT2D eigenvalue weighted by Crippen LogP contribution is -1.94. The van der Waals surface area contributed by atoms with E-state index < -0.39 is 0 Å². The molecule has 0 radical (unpaired) electrons. The summed E-state index contributed by atoms with van der Waals surface area (Å²) in [6.45, 7) is 0. The second-order valence-corrected chi connectivity index (χ2v) is 6.72. The van der Waals surface area contributed by atoms with Crippen molar-refractivity contribution < 1.29 is 13.9 Å². The summed E-state index contributed by atoms with van der Waals surface area (Å²) in [6, 6.07) is 13.9. The van der Waals surface area contributed by atoms with Gasteiger partial charge in [0.1, 0.15) is 10.8 Å². The van der Waals surface area contributed by atoms with Crippen LogP contribution in [0, 0.1) is 5.82 Å². The molecule has 0 N–H and O–H groups in total. The molecule has 7 heteroatoms. The average Bonchev–Trinajstić information content (AvgIpc) is 2.67. The lowest BCUT2D eigenvalue weighted by Gasteiger charge is -2.09. The summed E-state index contributed by atoms with van der Waals surface area (Å²) in [4.78, 5) is 0. The minimum absolute atomic E-state index is 0.320. The van der Waals surface area contributed by atoms with Crippen LogP contribution in [-0.2, 0) is 5.75 Å². The van der Waals surface area contributed by atoms with E-state index in [0.29, 0.717) is 38.6 Å². The van der Waals surface area contributed by atoms with Crippen LogP contribution in [0.5, 0.6) is 11.5 Å². The Kier molecular flexibility index (Phi) is 5.96. The van der Waals surface area contributed by atoms with Crippen LogP contribution in [0.4, 0.5) is 4.39 Å². The van der Waals surface area contributed by atoms with E-state index in [9.17, 15) is 4.39 Å². The number of hydrogen-bond donors (Lipinski definition) is 0. The Hall–Kier alpha value is -2.31. The highest BCUT2D eigenvalue weighted by Crippen LogP contribution is 2.32. The molecule has 0 amide bonds. The van der Waals surface area contributed by atoms with Gasteiger partial charge < -0.3 is 9.47 Å². The highest BCUT2D eigenvalue weighted by molar-refractivity contribution is 7.98. The van der Waals surface area contributed by atoms with Crippen molar-refractivity contribution >= 4 is 23.4 Å². The van der Waals surface area contributed by atoms with E-state index in [-0.39, 0.29) is 5.82 Å². The standard InChI is InChI=1S/C19H16ClFN2O2S/c1-24-17-8-6-12(10-18(17)25-2)16-7-9-19(23-22-16)26-11-13-14(20)4-3-5-15(13)21/h3-10H,11H2,1-2H3. The molecule has 0 saturated carbocycles. The fourth-order valence-electron chi connectivity index (χ4n) is 2.36. The van der Waals surface area contributed by atoms with E-state index in [1.54, 1.807) is 26.4 Å². The first-order valence-corrected chi connectivity index (χ1v) is 9.10. The van der Waals surface area contributed by atoms with Crippen molar-refractivity contribution in [3.63, 3.8) is 0 Å². The first kappa shape index (κ1) is 18.5. The highest BCUT2D eigenvalue weighted by Gasteiger charge is 2.10. The third-order valence-corrected chi connectivity index (χ3v) is 5.05. The van der Waals surface area contributed by atoms with Crippen LogP contribution in [0.3, 0.4) is 0 Å². The Balaban J connectivity index is 1.74. The zero-order valence-corrected chi connectivity index (χ0v) is 15.8. The Bertz CT molecular complexity index is 886. The number of nitrogens with zero attached hydrogens (tertiary/aromatic N) is 2. The van der Waals surface area contributed by atoms with Crippen LogP contribution in [0.2, 0.25) is 5.02 Å². The van der Waals surface area contributed by atoms with Gasteiger partial charge in [-0.05, 0) is 42.5 Å². The lowest BCUT2D eigenvalue weighted by atomic mass is 10.1. The largest absolute Gasteiger partial charge is 0.493 e. The van der Waals surface area contributed by atoms with Gasteiger partial charge in [-0.1, -0.05) is 29.4 Å². The van der Waals surface area contributed by atoms with Gasteiger partial charge in [0, 0.05) is 21.9 Å². The molecule has 0 aliphatic heterocycles. The first-order valence-electron chi connectivity index (χ1n) is 7.74. The maximum atomic E-state index is 13.8. The molecule has 3 aromatic rings. The molecule has 0 unspecified atom stereocenters. The van der Waals surface area contributed by atoms with Crippen molar-refractivity contribution in [1.82, 2.24) is 10.2 Å².